The molecule has 108 valence electrons. The molecular weight excluding hydrogens is 307 g/mol. The second kappa shape index (κ2) is 4.83. The van der Waals surface area contributed by atoms with E-state index in [2.05, 4.69) is 9.89 Å². The number of thiophene rings is 1. The summed E-state index contributed by atoms with van der Waals surface area (Å²) >= 11 is 3.10. The number of hydrogen-bond acceptors (Lipinski definition) is 5. The van der Waals surface area contributed by atoms with Crippen molar-refractivity contribution in [2.45, 2.75) is 13.0 Å². The summed E-state index contributed by atoms with van der Waals surface area (Å²) in [6, 6.07) is 5.05. The van der Waals surface area contributed by atoms with Gasteiger partial charge in [0.05, 0.1) is 18.3 Å². The molecule has 1 N–H and O–H groups in total. The maximum atomic E-state index is 14.0. The minimum atomic E-state index is -0.587. The van der Waals surface area contributed by atoms with Crippen molar-refractivity contribution in [3.63, 3.8) is 0 Å². The molecule has 0 bridgehead atoms. The average molecular weight is 320 g/mol. The predicted octanol–water partition coefficient (Wildman–Crippen LogP) is 3.51. The van der Waals surface area contributed by atoms with Gasteiger partial charge in [-0.2, -0.15) is 0 Å². The zero-order valence-corrected chi connectivity index (χ0v) is 13.0. The fourth-order valence-electron chi connectivity index (χ4n) is 2.78. The molecule has 0 fully saturated rings. The Labute approximate surface area is 129 Å². The molecule has 1 unspecified atom stereocenters. The molecule has 1 aromatic heterocycles. The van der Waals surface area contributed by atoms with Crippen molar-refractivity contribution in [3.05, 3.63) is 39.9 Å². The Morgan fingerprint density at radius 3 is 3.10 bits per heavy atom. The smallest absolute Gasteiger partial charge is 0.168 e. The Balaban J connectivity index is 1.99. The topological polar surface area (TPSA) is 35.8 Å². The molecule has 0 spiro atoms. The number of aliphatic hydroxyl groups is 1. The fraction of sp³-hybridized carbons (Fsp3) is 0.267. The lowest BCUT2D eigenvalue weighted by atomic mass is 10.1. The molecule has 0 saturated heterocycles. The van der Waals surface area contributed by atoms with Crippen LogP contribution in [-0.4, -0.2) is 34.4 Å². The van der Waals surface area contributed by atoms with Crippen LogP contribution in [0.5, 0.6) is 0 Å². The molecular formula is C15H13FN2OS2. The second-order valence-electron chi connectivity index (χ2n) is 5.10. The largest absolute Gasteiger partial charge is 0.388 e. The van der Waals surface area contributed by atoms with Gasteiger partial charge in [0.15, 0.2) is 5.17 Å². The number of nitrogens with zero attached hydrogens (tertiary/aromatic N) is 2. The van der Waals surface area contributed by atoms with Gasteiger partial charge in [0.2, 0.25) is 0 Å². The summed E-state index contributed by atoms with van der Waals surface area (Å²) in [6.45, 7) is 3.29. The van der Waals surface area contributed by atoms with E-state index in [0.29, 0.717) is 0 Å². The highest BCUT2D eigenvalue weighted by Crippen LogP contribution is 2.45. The van der Waals surface area contributed by atoms with Gasteiger partial charge >= 0.3 is 0 Å². The van der Waals surface area contributed by atoms with Gasteiger partial charge in [-0.15, -0.1) is 11.3 Å². The number of amidine groups is 1. The Kier molecular flexibility index (Phi) is 3.06. The highest BCUT2D eigenvalue weighted by Gasteiger charge is 2.35. The monoisotopic (exact) mass is 320 g/mol. The standard InChI is InChI=1S/C15H13FN2OS2/c1-8(19)13-12(18-4-3-17-15(18)21-13)11-7-10(16)6-9-2-5-20-14(9)11/h2,5-8,19H,3-4H2,1H3. The first-order chi connectivity index (χ1) is 10.1. The Bertz CT molecular complexity index is 794. The first-order valence-corrected chi connectivity index (χ1v) is 8.44. The van der Waals surface area contributed by atoms with Crippen LogP contribution in [0.25, 0.3) is 15.8 Å². The van der Waals surface area contributed by atoms with Gasteiger partial charge in [0.25, 0.3) is 0 Å². The van der Waals surface area contributed by atoms with Crippen LogP contribution in [0.4, 0.5) is 4.39 Å². The van der Waals surface area contributed by atoms with E-state index >= 15 is 0 Å². The lowest BCUT2D eigenvalue weighted by Gasteiger charge is -2.19. The van der Waals surface area contributed by atoms with Gasteiger partial charge in [0.1, 0.15) is 5.82 Å². The maximum absolute atomic E-state index is 14.0. The van der Waals surface area contributed by atoms with Gasteiger partial charge in [-0.05, 0) is 35.9 Å². The summed E-state index contributed by atoms with van der Waals surface area (Å²) in [7, 11) is 0. The summed E-state index contributed by atoms with van der Waals surface area (Å²) in [5.74, 6) is -0.247. The molecule has 1 atom stereocenters. The third-order valence-corrected chi connectivity index (χ3v) is 5.91. The zero-order valence-electron chi connectivity index (χ0n) is 11.3. The molecule has 0 amide bonds. The highest BCUT2D eigenvalue weighted by atomic mass is 32.2. The summed E-state index contributed by atoms with van der Waals surface area (Å²) in [5.41, 5.74) is 1.77. The number of hydrogen-bond donors (Lipinski definition) is 1. The van der Waals surface area contributed by atoms with Gasteiger partial charge in [-0.3, -0.25) is 4.99 Å². The van der Waals surface area contributed by atoms with Crippen LogP contribution < -0.4 is 0 Å². The van der Waals surface area contributed by atoms with E-state index in [9.17, 15) is 9.50 Å². The third kappa shape index (κ3) is 2.01. The molecule has 3 nitrogen and oxygen atoms in total. The summed E-state index contributed by atoms with van der Waals surface area (Å²) in [6.07, 6.45) is -0.587. The van der Waals surface area contributed by atoms with Crippen molar-refractivity contribution in [1.82, 2.24) is 4.90 Å². The summed E-state index contributed by atoms with van der Waals surface area (Å²) < 4.78 is 15.0. The van der Waals surface area contributed by atoms with Crippen molar-refractivity contribution in [3.8, 4) is 0 Å². The lowest BCUT2D eigenvalue weighted by Crippen LogP contribution is -2.20. The first-order valence-electron chi connectivity index (χ1n) is 6.74. The number of fused-ring (bicyclic) bond motifs is 2. The minimum Gasteiger partial charge on any atom is -0.388 e. The van der Waals surface area contributed by atoms with Gasteiger partial charge in [-0.1, -0.05) is 11.8 Å². The summed E-state index contributed by atoms with van der Waals surface area (Å²) in [4.78, 5) is 7.41. The van der Waals surface area contributed by atoms with Crippen LogP contribution >= 0.6 is 23.1 Å². The number of benzene rings is 1. The van der Waals surface area contributed by atoms with E-state index in [4.69, 9.17) is 0 Å². The van der Waals surface area contributed by atoms with Crippen molar-refractivity contribution in [2.75, 3.05) is 13.1 Å². The van der Waals surface area contributed by atoms with Crippen molar-refractivity contribution >= 4 is 44.0 Å². The number of rotatable bonds is 2. The predicted molar refractivity (Wildman–Crippen MR) is 87.0 cm³/mol. The van der Waals surface area contributed by atoms with Gasteiger partial charge < -0.3 is 10.0 Å². The van der Waals surface area contributed by atoms with Crippen LogP contribution in [0.1, 0.15) is 12.5 Å². The SMILES string of the molecule is CC(O)C1=C(c2cc(F)cc3ccsc23)N2CCN=C2S1. The molecule has 0 aliphatic carbocycles. The van der Waals surface area contributed by atoms with E-state index in [1.54, 1.807) is 30.4 Å². The van der Waals surface area contributed by atoms with Gasteiger partial charge in [-0.25, -0.2) is 4.39 Å². The average Bonchev–Trinajstić information content (AvgIpc) is 3.11. The van der Waals surface area contributed by atoms with E-state index in [1.165, 1.54) is 11.8 Å². The molecule has 6 heteroatoms. The third-order valence-electron chi connectivity index (χ3n) is 3.66. The quantitative estimate of drug-likeness (QED) is 0.920. The van der Waals surface area contributed by atoms with Crippen LogP contribution in [0.3, 0.4) is 0 Å². The number of thioether (sulfide) groups is 1. The number of aliphatic hydroxyl groups excluding tert-OH is 1. The Morgan fingerprint density at radius 2 is 2.29 bits per heavy atom. The maximum Gasteiger partial charge on any atom is 0.168 e. The molecule has 2 aromatic rings. The molecule has 3 heterocycles. The molecule has 0 saturated carbocycles. The zero-order chi connectivity index (χ0) is 14.6. The summed E-state index contributed by atoms with van der Waals surface area (Å²) in [5, 5.41) is 13.9. The Morgan fingerprint density at radius 1 is 1.43 bits per heavy atom. The number of halogens is 1. The van der Waals surface area contributed by atoms with E-state index in [0.717, 1.165) is 44.5 Å². The Hall–Kier alpha value is -1.37. The molecule has 1 aromatic carbocycles. The molecule has 21 heavy (non-hydrogen) atoms. The van der Waals surface area contributed by atoms with E-state index < -0.39 is 6.10 Å². The highest BCUT2D eigenvalue weighted by molar-refractivity contribution is 8.17. The van der Waals surface area contributed by atoms with Crippen molar-refractivity contribution < 1.29 is 9.50 Å². The number of aliphatic imine (C=N–C) groups is 1. The van der Waals surface area contributed by atoms with Crippen molar-refractivity contribution in [1.29, 1.82) is 0 Å². The van der Waals surface area contributed by atoms with Crippen LogP contribution in [0.15, 0.2) is 33.5 Å². The van der Waals surface area contributed by atoms with Crippen LogP contribution in [0, 0.1) is 5.82 Å². The van der Waals surface area contributed by atoms with E-state index in [-0.39, 0.29) is 5.82 Å². The first kappa shape index (κ1) is 13.3. The van der Waals surface area contributed by atoms with Crippen LogP contribution in [0.2, 0.25) is 0 Å². The van der Waals surface area contributed by atoms with Crippen LogP contribution in [-0.2, 0) is 0 Å². The second-order valence-corrected chi connectivity index (χ2v) is 7.02. The molecule has 4 rings (SSSR count). The molecule has 0 radical (unpaired) electrons. The fourth-order valence-corrected chi connectivity index (χ4v) is 4.81. The van der Waals surface area contributed by atoms with Gasteiger partial charge in [0, 0.05) is 21.7 Å². The normalized spacial score (nSPS) is 19.4. The van der Waals surface area contributed by atoms with Crippen molar-refractivity contribution in [2.24, 2.45) is 4.99 Å². The van der Waals surface area contributed by atoms with E-state index in [1.807, 2.05) is 11.4 Å². The molecule has 2 aliphatic heterocycles. The lowest BCUT2D eigenvalue weighted by molar-refractivity contribution is 0.240. The molecule has 2 aliphatic rings. The minimum absolute atomic E-state index is 0.247.